The lowest BCUT2D eigenvalue weighted by Crippen LogP contribution is -2.46. The zero-order valence-corrected chi connectivity index (χ0v) is 19.6. The first-order chi connectivity index (χ1) is 17.0. The van der Waals surface area contributed by atoms with Crippen molar-refractivity contribution in [3.8, 4) is 0 Å². The van der Waals surface area contributed by atoms with Crippen molar-refractivity contribution in [3.05, 3.63) is 60.3 Å². The van der Waals surface area contributed by atoms with Gasteiger partial charge in [-0.1, -0.05) is 30.3 Å². The van der Waals surface area contributed by atoms with Crippen molar-refractivity contribution >= 4 is 28.4 Å². The molecule has 2 atom stereocenters. The number of rotatable bonds is 5. The van der Waals surface area contributed by atoms with Gasteiger partial charge in [-0.15, -0.1) is 0 Å². The van der Waals surface area contributed by atoms with E-state index < -0.39 is 29.8 Å². The summed E-state index contributed by atoms with van der Waals surface area (Å²) >= 11 is 0. The number of anilines is 1. The SMILES string of the molecule is CC(F)(F)C(=O)NC1CC(=O)N(c2ccc3c(cnn3C3CCC(F)(F)CC3)c2)C1c1ccccc1. The maximum Gasteiger partial charge on any atom is 0.321 e. The third-order valence-corrected chi connectivity index (χ3v) is 7.07. The highest BCUT2D eigenvalue weighted by Crippen LogP contribution is 2.41. The Labute approximate surface area is 205 Å². The van der Waals surface area contributed by atoms with E-state index in [1.807, 2.05) is 0 Å². The lowest BCUT2D eigenvalue weighted by Gasteiger charge is -2.30. The molecule has 2 aliphatic rings. The van der Waals surface area contributed by atoms with Gasteiger partial charge in [0.05, 0.1) is 29.8 Å². The molecule has 2 fully saturated rings. The minimum Gasteiger partial charge on any atom is -0.345 e. The summed E-state index contributed by atoms with van der Waals surface area (Å²) in [5.74, 6) is -7.95. The molecule has 0 spiro atoms. The van der Waals surface area contributed by atoms with Crippen LogP contribution >= 0.6 is 0 Å². The maximum atomic E-state index is 13.6. The molecule has 5 rings (SSSR count). The molecule has 2 heterocycles. The Morgan fingerprint density at radius 3 is 2.47 bits per heavy atom. The fraction of sp³-hybridized carbons (Fsp3) is 0.423. The van der Waals surface area contributed by atoms with Gasteiger partial charge in [0.1, 0.15) is 0 Å². The average Bonchev–Trinajstić information content (AvgIpc) is 3.39. The van der Waals surface area contributed by atoms with E-state index in [1.54, 1.807) is 59.4 Å². The van der Waals surface area contributed by atoms with Crippen LogP contribution in [-0.2, 0) is 9.59 Å². The minimum atomic E-state index is -3.58. The fourth-order valence-corrected chi connectivity index (χ4v) is 5.25. The minimum absolute atomic E-state index is 0.130. The van der Waals surface area contributed by atoms with Crippen molar-refractivity contribution in [3.63, 3.8) is 0 Å². The Morgan fingerprint density at radius 2 is 1.81 bits per heavy atom. The second-order valence-electron chi connectivity index (χ2n) is 9.71. The molecule has 3 aromatic rings. The molecule has 1 saturated carbocycles. The van der Waals surface area contributed by atoms with E-state index in [1.165, 1.54) is 4.90 Å². The predicted molar refractivity (Wildman–Crippen MR) is 126 cm³/mol. The molecule has 1 saturated heterocycles. The molecule has 10 heteroatoms. The van der Waals surface area contributed by atoms with Crippen LogP contribution in [0.1, 0.15) is 56.7 Å². The smallest absolute Gasteiger partial charge is 0.321 e. The number of nitrogens with one attached hydrogen (secondary N) is 1. The number of nitrogens with zero attached hydrogens (tertiary/aromatic N) is 3. The third kappa shape index (κ3) is 4.56. The van der Waals surface area contributed by atoms with Crippen LogP contribution in [0.5, 0.6) is 0 Å². The molecule has 2 aromatic carbocycles. The second-order valence-corrected chi connectivity index (χ2v) is 9.71. The van der Waals surface area contributed by atoms with E-state index in [0.29, 0.717) is 31.0 Å². The quantitative estimate of drug-likeness (QED) is 0.475. The number of carbonyl (C=O) groups is 2. The van der Waals surface area contributed by atoms with Crippen LogP contribution in [0.15, 0.2) is 54.7 Å². The van der Waals surface area contributed by atoms with Gasteiger partial charge in [0.15, 0.2) is 0 Å². The number of hydrogen-bond donors (Lipinski definition) is 1. The fourth-order valence-electron chi connectivity index (χ4n) is 5.25. The molecule has 0 bridgehead atoms. The van der Waals surface area contributed by atoms with Crippen LogP contribution in [-0.4, -0.2) is 39.5 Å². The van der Waals surface area contributed by atoms with Crippen LogP contribution < -0.4 is 10.2 Å². The molecule has 36 heavy (non-hydrogen) atoms. The molecule has 2 amide bonds. The lowest BCUT2D eigenvalue weighted by atomic mass is 9.92. The molecule has 0 radical (unpaired) electrons. The zero-order chi connectivity index (χ0) is 25.7. The first kappa shape index (κ1) is 24.3. The third-order valence-electron chi connectivity index (χ3n) is 7.07. The van der Waals surface area contributed by atoms with Crippen LogP contribution in [0.4, 0.5) is 23.2 Å². The molecule has 1 aliphatic carbocycles. The number of fused-ring (bicyclic) bond motifs is 1. The molecule has 190 valence electrons. The molecule has 1 aliphatic heterocycles. The summed E-state index contributed by atoms with van der Waals surface area (Å²) in [5, 5.41) is 7.53. The highest BCUT2D eigenvalue weighted by molar-refractivity contribution is 6.00. The van der Waals surface area contributed by atoms with Gasteiger partial charge in [-0.3, -0.25) is 14.3 Å². The van der Waals surface area contributed by atoms with E-state index in [-0.39, 0.29) is 31.2 Å². The van der Waals surface area contributed by atoms with Gasteiger partial charge in [0.2, 0.25) is 11.8 Å². The van der Waals surface area contributed by atoms with Crippen molar-refractivity contribution < 1.29 is 27.2 Å². The van der Waals surface area contributed by atoms with Gasteiger partial charge in [0, 0.05) is 37.3 Å². The normalized spacial score (nSPS) is 22.8. The largest absolute Gasteiger partial charge is 0.345 e. The number of halogens is 4. The molecule has 2 unspecified atom stereocenters. The summed E-state index contributed by atoms with van der Waals surface area (Å²) in [6.07, 6.45) is 1.81. The standard InChI is InChI=1S/C26H26F4N4O2/c1-25(27,28)24(36)32-20-14-22(35)33(23(20)16-5-3-2-4-6-16)19-7-8-21-17(13-19)15-31-34(21)18-9-11-26(29,30)12-10-18/h2-8,13,15,18,20,23H,9-12,14H2,1H3,(H,32,36). The van der Waals surface area contributed by atoms with Crippen LogP contribution in [0, 0.1) is 0 Å². The van der Waals surface area contributed by atoms with E-state index in [0.717, 1.165) is 10.9 Å². The Hall–Kier alpha value is -3.43. The maximum absolute atomic E-state index is 13.6. The zero-order valence-electron chi connectivity index (χ0n) is 19.6. The van der Waals surface area contributed by atoms with Gasteiger partial charge in [-0.25, -0.2) is 8.78 Å². The van der Waals surface area contributed by atoms with Crippen LogP contribution in [0.2, 0.25) is 0 Å². The Balaban J connectivity index is 1.47. The Bertz CT molecular complexity index is 1280. The van der Waals surface area contributed by atoms with E-state index in [2.05, 4.69) is 10.4 Å². The first-order valence-electron chi connectivity index (χ1n) is 11.9. The Morgan fingerprint density at radius 1 is 1.11 bits per heavy atom. The number of benzene rings is 2. The number of aromatic nitrogens is 2. The average molecular weight is 503 g/mol. The van der Waals surface area contributed by atoms with E-state index >= 15 is 0 Å². The molecular weight excluding hydrogens is 476 g/mol. The number of alkyl halides is 4. The van der Waals surface area contributed by atoms with E-state index in [4.69, 9.17) is 0 Å². The first-order valence-corrected chi connectivity index (χ1v) is 11.9. The van der Waals surface area contributed by atoms with Gasteiger partial charge >= 0.3 is 5.92 Å². The van der Waals surface area contributed by atoms with E-state index in [9.17, 15) is 27.2 Å². The Kier molecular flexibility index (Phi) is 6.00. The monoisotopic (exact) mass is 502 g/mol. The predicted octanol–water partition coefficient (Wildman–Crippen LogP) is 5.40. The van der Waals surface area contributed by atoms with Crippen LogP contribution in [0.3, 0.4) is 0 Å². The van der Waals surface area contributed by atoms with Gasteiger partial charge < -0.3 is 10.2 Å². The number of hydrogen-bond acceptors (Lipinski definition) is 3. The number of amides is 2. The van der Waals surface area contributed by atoms with Crippen molar-refractivity contribution in [2.75, 3.05) is 4.90 Å². The van der Waals surface area contributed by atoms with Crippen molar-refractivity contribution in [2.24, 2.45) is 0 Å². The summed E-state index contributed by atoms with van der Waals surface area (Å²) in [7, 11) is 0. The highest BCUT2D eigenvalue weighted by atomic mass is 19.3. The van der Waals surface area contributed by atoms with Crippen molar-refractivity contribution in [1.29, 1.82) is 0 Å². The summed E-state index contributed by atoms with van der Waals surface area (Å²) in [6.45, 7) is 0.521. The summed E-state index contributed by atoms with van der Waals surface area (Å²) in [5.41, 5.74) is 2.01. The summed E-state index contributed by atoms with van der Waals surface area (Å²) in [4.78, 5) is 26.7. The van der Waals surface area contributed by atoms with Gasteiger partial charge in [0.25, 0.3) is 5.91 Å². The van der Waals surface area contributed by atoms with Gasteiger partial charge in [-0.2, -0.15) is 13.9 Å². The highest BCUT2D eigenvalue weighted by Gasteiger charge is 2.45. The molecule has 1 aromatic heterocycles. The topological polar surface area (TPSA) is 67.2 Å². The lowest BCUT2D eigenvalue weighted by molar-refractivity contribution is -0.143. The summed E-state index contributed by atoms with van der Waals surface area (Å²) in [6, 6.07) is 12.6. The summed E-state index contributed by atoms with van der Waals surface area (Å²) < 4.78 is 56.2. The van der Waals surface area contributed by atoms with Crippen molar-refractivity contribution in [1.82, 2.24) is 15.1 Å². The molecular formula is C26H26F4N4O2. The van der Waals surface area contributed by atoms with Gasteiger partial charge in [-0.05, 0) is 36.6 Å². The molecule has 6 nitrogen and oxygen atoms in total. The van der Waals surface area contributed by atoms with Crippen molar-refractivity contribution in [2.45, 2.75) is 69.0 Å². The number of carbonyl (C=O) groups excluding carboxylic acids is 2. The molecule has 1 N–H and O–H groups in total. The second kappa shape index (κ2) is 8.90. The van der Waals surface area contributed by atoms with Crippen LogP contribution in [0.25, 0.3) is 10.9 Å².